The Morgan fingerprint density at radius 1 is 1.28 bits per heavy atom. The van der Waals surface area contributed by atoms with Crippen molar-refractivity contribution in [3.63, 3.8) is 0 Å². The molecule has 1 aliphatic rings. The molecule has 1 aromatic carbocycles. The summed E-state index contributed by atoms with van der Waals surface area (Å²) in [7, 11) is 0. The SMILES string of the molecule is c1ccc2sc(SCCN3CCOCC3)nc2c1. The molecule has 1 aliphatic heterocycles. The molecule has 5 heteroatoms. The van der Waals surface area contributed by atoms with Gasteiger partial charge < -0.3 is 4.74 Å². The summed E-state index contributed by atoms with van der Waals surface area (Å²) in [5.74, 6) is 1.11. The second kappa shape index (κ2) is 6.02. The Bertz CT molecular complexity index is 475. The molecule has 0 atom stereocenters. The van der Waals surface area contributed by atoms with Crippen LogP contribution in [0.2, 0.25) is 0 Å². The van der Waals surface area contributed by atoms with Crippen LogP contribution in [0.5, 0.6) is 0 Å². The van der Waals surface area contributed by atoms with Crippen LogP contribution in [-0.4, -0.2) is 48.5 Å². The largest absolute Gasteiger partial charge is 0.379 e. The van der Waals surface area contributed by atoms with Gasteiger partial charge in [-0.2, -0.15) is 0 Å². The molecule has 0 spiro atoms. The van der Waals surface area contributed by atoms with Gasteiger partial charge in [0.2, 0.25) is 0 Å². The van der Waals surface area contributed by atoms with Crippen molar-refractivity contribution in [1.82, 2.24) is 9.88 Å². The van der Waals surface area contributed by atoms with Crippen LogP contribution in [0.1, 0.15) is 0 Å². The molecule has 0 saturated carbocycles. The highest BCUT2D eigenvalue weighted by Gasteiger charge is 2.10. The third-order valence-corrected chi connectivity index (χ3v) is 5.17. The average Bonchev–Trinajstić information content (AvgIpc) is 2.82. The van der Waals surface area contributed by atoms with Crippen LogP contribution >= 0.6 is 23.1 Å². The summed E-state index contributed by atoms with van der Waals surface area (Å²) >= 11 is 3.66. The van der Waals surface area contributed by atoms with Gasteiger partial charge in [-0.15, -0.1) is 11.3 Å². The first-order valence-corrected chi connectivity index (χ1v) is 8.00. The minimum absolute atomic E-state index is 0.881. The Balaban J connectivity index is 1.53. The lowest BCUT2D eigenvalue weighted by atomic mass is 10.3. The molecule has 96 valence electrons. The molecule has 2 aromatic rings. The lowest BCUT2D eigenvalue weighted by Crippen LogP contribution is -2.37. The van der Waals surface area contributed by atoms with E-state index in [2.05, 4.69) is 28.1 Å². The molecule has 0 amide bonds. The molecule has 0 aliphatic carbocycles. The second-order valence-electron chi connectivity index (χ2n) is 4.25. The summed E-state index contributed by atoms with van der Waals surface area (Å²) < 4.78 is 7.81. The number of para-hydroxylation sites is 1. The molecule has 0 radical (unpaired) electrons. The van der Waals surface area contributed by atoms with Crippen molar-refractivity contribution in [2.45, 2.75) is 4.34 Å². The molecule has 18 heavy (non-hydrogen) atoms. The van der Waals surface area contributed by atoms with Crippen LogP contribution < -0.4 is 0 Å². The molecule has 0 N–H and O–H groups in total. The van der Waals surface area contributed by atoms with E-state index in [9.17, 15) is 0 Å². The van der Waals surface area contributed by atoms with E-state index < -0.39 is 0 Å². The standard InChI is InChI=1S/C13H16N2OS2/c1-2-4-12-11(3-1)14-13(18-12)17-10-7-15-5-8-16-9-6-15/h1-4H,5-10H2. The highest BCUT2D eigenvalue weighted by Crippen LogP contribution is 2.29. The third-order valence-electron chi connectivity index (χ3n) is 3.01. The Kier molecular flexibility index (Phi) is 4.15. The molecule has 2 heterocycles. The minimum atomic E-state index is 0.881. The molecule has 0 bridgehead atoms. The first-order chi connectivity index (χ1) is 8.92. The van der Waals surface area contributed by atoms with Gasteiger partial charge in [0, 0.05) is 25.4 Å². The van der Waals surface area contributed by atoms with Gasteiger partial charge in [-0.25, -0.2) is 4.98 Å². The Morgan fingerprint density at radius 2 is 2.11 bits per heavy atom. The van der Waals surface area contributed by atoms with E-state index in [1.807, 2.05) is 17.8 Å². The van der Waals surface area contributed by atoms with Gasteiger partial charge in [-0.3, -0.25) is 4.90 Å². The fraction of sp³-hybridized carbons (Fsp3) is 0.462. The smallest absolute Gasteiger partial charge is 0.151 e. The molecule has 1 saturated heterocycles. The zero-order valence-corrected chi connectivity index (χ0v) is 11.8. The van der Waals surface area contributed by atoms with E-state index in [1.165, 1.54) is 9.04 Å². The van der Waals surface area contributed by atoms with Gasteiger partial charge in [-0.1, -0.05) is 23.9 Å². The van der Waals surface area contributed by atoms with Gasteiger partial charge in [0.05, 0.1) is 23.4 Å². The molecular formula is C13H16N2OS2. The maximum Gasteiger partial charge on any atom is 0.151 e. The van der Waals surface area contributed by atoms with Crippen LogP contribution in [0.15, 0.2) is 28.6 Å². The van der Waals surface area contributed by atoms with Crippen LogP contribution in [0, 0.1) is 0 Å². The third kappa shape index (κ3) is 3.03. The molecule has 1 aromatic heterocycles. The fourth-order valence-corrected chi connectivity index (χ4v) is 4.14. The summed E-state index contributed by atoms with van der Waals surface area (Å²) in [5.41, 5.74) is 1.12. The number of rotatable bonds is 4. The van der Waals surface area contributed by atoms with E-state index in [0.717, 1.165) is 44.1 Å². The van der Waals surface area contributed by atoms with Crippen molar-refractivity contribution < 1.29 is 4.74 Å². The van der Waals surface area contributed by atoms with E-state index in [4.69, 9.17) is 4.74 Å². The minimum Gasteiger partial charge on any atom is -0.379 e. The van der Waals surface area contributed by atoms with E-state index >= 15 is 0 Å². The number of thioether (sulfide) groups is 1. The zero-order chi connectivity index (χ0) is 12.2. The first-order valence-electron chi connectivity index (χ1n) is 6.20. The maximum absolute atomic E-state index is 5.35. The topological polar surface area (TPSA) is 25.4 Å². The Hall–Kier alpha value is -0.620. The second-order valence-corrected chi connectivity index (χ2v) is 6.62. The number of thiazole rings is 1. The van der Waals surface area contributed by atoms with Crippen LogP contribution in [0.25, 0.3) is 10.2 Å². The lowest BCUT2D eigenvalue weighted by Gasteiger charge is -2.26. The summed E-state index contributed by atoms with van der Waals surface area (Å²) in [6.45, 7) is 5.03. The quantitative estimate of drug-likeness (QED) is 0.804. The monoisotopic (exact) mass is 280 g/mol. The van der Waals surface area contributed by atoms with Crippen molar-refractivity contribution in [1.29, 1.82) is 0 Å². The molecular weight excluding hydrogens is 264 g/mol. The molecule has 3 rings (SSSR count). The number of hydrogen-bond acceptors (Lipinski definition) is 5. The highest BCUT2D eigenvalue weighted by atomic mass is 32.2. The van der Waals surface area contributed by atoms with Crippen molar-refractivity contribution >= 4 is 33.3 Å². The number of nitrogens with zero attached hydrogens (tertiary/aromatic N) is 2. The number of fused-ring (bicyclic) bond motifs is 1. The predicted octanol–water partition coefficient (Wildman–Crippen LogP) is 2.72. The number of hydrogen-bond donors (Lipinski definition) is 0. The molecule has 3 nitrogen and oxygen atoms in total. The summed E-state index contributed by atoms with van der Waals surface area (Å²) in [5, 5.41) is 0. The summed E-state index contributed by atoms with van der Waals surface area (Å²) in [4.78, 5) is 7.10. The number of ether oxygens (including phenoxy) is 1. The van der Waals surface area contributed by atoms with Crippen molar-refractivity contribution in [2.24, 2.45) is 0 Å². The Labute approximate surface area is 115 Å². The van der Waals surface area contributed by atoms with Crippen LogP contribution in [0.4, 0.5) is 0 Å². The number of morpholine rings is 1. The number of benzene rings is 1. The first kappa shape index (κ1) is 12.4. The number of aromatic nitrogens is 1. The van der Waals surface area contributed by atoms with Gasteiger partial charge in [0.25, 0.3) is 0 Å². The summed E-state index contributed by atoms with van der Waals surface area (Å²) in [6.07, 6.45) is 0. The van der Waals surface area contributed by atoms with Gasteiger partial charge in [0.1, 0.15) is 0 Å². The van der Waals surface area contributed by atoms with Gasteiger partial charge in [-0.05, 0) is 12.1 Å². The average molecular weight is 280 g/mol. The Morgan fingerprint density at radius 3 is 2.94 bits per heavy atom. The molecule has 1 fully saturated rings. The lowest BCUT2D eigenvalue weighted by molar-refractivity contribution is 0.0410. The van der Waals surface area contributed by atoms with Gasteiger partial charge >= 0.3 is 0 Å². The maximum atomic E-state index is 5.35. The van der Waals surface area contributed by atoms with Crippen molar-refractivity contribution in [3.05, 3.63) is 24.3 Å². The van der Waals surface area contributed by atoms with E-state index in [1.54, 1.807) is 11.3 Å². The van der Waals surface area contributed by atoms with Crippen LogP contribution in [0.3, 0.4) is 0 Å². The van der Waals surface area contributed by atoms with Crippen molar-refractivity contribution in [3.8, 4) is 0 Å². The van der Waals surface area contributed by atoms with Gasteiger partial charge in [0.15, 0.2) is 4.34 Å². The van der Waals surface area contributed by atoms with Crippen molar-refractivity contribution in [2.75, 3.05) is 38.6 Å². The highest BCUT2D eigenvalue weighted by molar-refractivity contribution is 8.01. The zero-order valence-electron chi connectivity index (χ0n) is 10.2. The predicted molar refractivity (Wildman–Crippen MR) is 77.6 cm³/mol. The van der Waals surface area contributed by atoms with E-state index in [0.29, 0.717) is 0 Å². The summed E-state index contributed by atoms with van der Waals surface area (Å²) in [6, 6.07) is 8.34. The molecule has 0 unspecified atom stereocenters. The fourth-order valence-electron chi connectivity index (χ4n) is 2.00. The van der Waals surface area contributed by atoms with Crippen LogP contribution in [-0.2, 0) is 4.74 Å². The normalized spacial score (nSPS) is 17.3. The van der Waals surface area contributed by atoms with E-state index in [-0.39, 0.29) is 0 Å².